The van der Waals surface area contributed by atoms with E-state index in [1.54, 1.807) is 44.6 Å². The Balaban J connectivity index is 1.88. The fourth-order valence-corrected chi connectivity index (χ4v) is 4.10. The van der Waals surface area contributed by atoms with Crippen LogP contribution in [0.3, 0.4) is 0 Å². The Morgan fingerprint density at radius 2 is 1.89 bits per heavy atom. The summed E-state index contributed by atoms with van der Waals surface area (Å²) in [6, 6.07) is 8.19. The molecule has 7 nitrogen and oxygen atoms in total. The molecule has 0 aliphatic rings. The molecule has 1 N–H and O–H groups in total. The summed E-state index contributed by atoms with van der Waals surface area (Å²) in [4.78, 5) is 21.5. The molecule has 0 amide bonds. The van der Waals surface area contributed by atoms with Crippen molar-refractivity contribution in [1.29, 1.82) is 0 Å². The van der Waals surface area contributed by atoms with Gasteiger partial charge in [-0.3, -0.25) is 14.2 Å². The van der Waals surface area contributed by atoms with Crippen LogP contribution < -0.4 is 10.3 Å². The van der Waals surface area contributed by atoms with Gasteiger partial charge in [0.2, 0.25) is 6.36 Å². The molecule has 0 saturated carbocycles. The second kappa shape index (κ2) is 8.88. The molecule has 1 unspecified atom stereocenters. The molecular formula is C26H28F2N4O3. The van der Waals surface area contributed by atoms with Crippen molar-refractivity contribution in [3.63, 3.8) is 0 Å². The highest BCUT2D eigenvalue weighted by Gasteiger charge is 2.23. The third-order valence-corrected chi connectivity index (χ3v) is 5.89. The Kier molecular flexibility index (Phi) is 6.23. The highest BCUT2D eigenvalue weighted by atomic mass is 19.1. The van der Waals surface area contributed by atoms with Gasteiger partial charge in [0.05, 0.1) is 17.4 Å². The molecule has 9 heteroatoms. The van der Waals surface area contributed by atoms with Gasteiger partial charge >= 0.3 is 0 Å². The fourth-order valence-electron chi connectivity index (χ4n) is 4.10. The maximum absolute atomic E-state index is 15.2. The van der Waals surface area contributed by atoms with Crippen LogP contribution in [-0.2, 0) is 19.2 Å². The number of nitrogens with zero attached hydrogens (tertiary/aromatic N) is 4. The number of ether oxygens (including phenoxy) is 1. The Labute approximate surface area is 201 Å². The second-order valence-corrected chi connectivity index (χ2v) is 9.26. The molecule has 2 aromatic carbocycles. The lowest BCUT2D eigenvalue weighted by atomic mass is 10.0. The smallest absolute Gasteiger partial charge is 0.274 e. The summed E-state index contributed by atoms with van der Waals surface area (Å²) in [7, 11) is 1.60. The summed E-state index contributed by atoms with van der Waals surface area (Å²) in [5.41, 5.74) is 1.71. The number of hydrogen-bond acceptors (Lipinski definition) is 5. The first-order chi connectivity index (χ1) is 16.4. The zero-order valence-electron chi connectivity index (χ0n) is 20.6. The van der Waals surface area contributed by atoms with Gasteiger partial charge in [0.15, 0.2) is 5.82 Å². The van der Waals surface area contributed by atoms with Crippen LogP contribution in [0.15, 0.2) is 41.3 Å². The summed E-state index contributed by atoms with van der Waals surface area (Å²) in [5, 5.41) is 10.4. The first-order valence-corrected chi connectivity index (χ1v) is 11.2. The molecule has 184 valence electrons. The molecule has 2 heterocycles. The van der Waals surface area contributed by atoms with Crippen LogP contribution in [-0.4, -0.2) is 30.8 Å². The average Bonchev–Trinajstić information content (AvgIpc) is 2.98. The van der Waals surface area contributed by atoms with E-state index in [0.29, 0.717) is 28.1 Å². The van der Waals surface area contributed by atoms with E-state index < -0.39 is 17.8 Å². The Morgan fingerprint density at radius 3 is 2.51 bits per heavy atom. The van der Waals surface area contributed by atoms with Crippen molar-refractivity contribution in [1.82, 2.24) is 19.3 Å². The molecule has 35 heavy (non-hydrogen) atoms. The van der Waals surface area contributed by atoms with Gasteiger partial charge in [-0.05, 0) is 45.9 Å². The van der Waals surface area contributed by atoms with E-state index in [2.05, 4.69) is 9.97 Å². The Hall–Kier alpha value is -3.59. The number of aliphatic hydroxyl groups is 1. The van der Waals surface area contributed by atoms with Gasteiger partial charge in [-0.15, -0.1) is 0 Å². The van der Waals surface area contributed by atoms with Gasteiger partial charge in [-0.1, -0.05) is 17.7 Å². The van der Waals surface area contributed by atoms with Crippen molar-refractivity contribution < 1.29 is 18.6 Å². The zero-order chi connectivity index (χ0) is 25.7. The third kappa shape index (κ3) is 4.68. The van der Waals surface area contributed by atoms with E-state index in [1.165, 1.54) is 23.9 Å². The van der Waals surface area contributed by atoms with Crippen LogP contribution in [0, 0.1) is 19.7 Å². The van der Waals surface area contributed by atoms with Gasteiger partial charge in [0.1, 0.15) is 17.2 Å². The lowest BCUT2D eigenvalue weighted by Crippen LogP contribution is -2.20. The molecule has 0 bridgehead atoms. The summed E-state index contributed by atoms with van der Waals surface area (Å²) in [5.74, 6) is 0.0144. The SMILES string of the molecule is Cc1ccc(OC(C)F)c(Cn2c3cc(-c4cnc(C(C)(C)O)nc4C)c(F)cc3c(=O)n2C)c1. The van der Waals surface area contributed by atoms with Gasteiger partial charge in [-0.25, -0.2) is 18.7 Å². The summed E-state index contributed by atoms with van der Waals surface area (Å²) >= 11 is 0. The normalized spacial score (nSPS) is 12.8. The Bertz CT molecular complexity index is 1480. The summed E-state index contributed by atoms with van der Waals surface area (Å²) in [6.07, 6.45) is -0.0299. The van der Waals surface area contributed by atoms with Crippen molar-refractivity contribution in [2.45, 2.75) is 53.1 Å². The topological polar surface area (TPSA) is 82.2 Å². The van der Waals surface area contributed by atoms with Crippen LogP contribution >= 0.6 is 0 Å². The highest BCUT2D eigenvalue weighted by molar-refractivity contribution is 5.85. The molecule has 4 aromatic rings. The summed E-state index contributed by atoms with van der Waals surface area (Å²) in [6.45, 7) is 8.27. The van der Waals surface area contributed by atoms with E-state index in [-0.39, 0.29) is 28.9 Å². The lowest BCUT2D eigenvalue weighted by Gasteiger charge is -2.17. The van der Waals surface area contributed by atoms with Crippen molar-refractivity contribution in [2.75, 3.05) is 0 Å². The standard InChI is InChI=1S/C26H28F2N4O3/c1-14-7-8-23(35-16(3)27)17(9-14)13-32-22-11-18(21(28)10-19(22)24(33)31(32)6)20-12-29-25(26(4,5)34)30-15(20)2/h7-12,16,34H,13H2,1-6H3. The summed E-state index contributed by atoms with van der Waals surface area (Å²) < 4.78 is 37.3. The predicted molar refractivity (Wildman–Crippen MR) is 130 cm³/mol. The molecular weight excluding hydrogens is 454 g/mol. The molecule has 0 aliphatic heterocycles. The minimum absolute atomic E-state index is 0.206. The molecule has 2 aromatic heterocycles. The monoisotopic (exact) mass is 482 g/mol. The second-order valence-electron chi connectivity index (χ2n) is 9.26. The van der Waals surface area contributed by atoms with Gasteiger partial charge < -0.3 is 9.84 Å². The minimum atomic E-state index is -1.50. The Morgan fingerprint density at radius 1 is 1.17 bits per heavy atom. The zero-order valence-corrected chi connectivity index (χ0v) is 20.6. The van der Waals surface area contributed by atoms with E-state index >= 15 is 4.39 Å². The van der Waals surface area contributed by atoms with Crippen LogP contribution in [0.25, 0.3) is 22.0 Å². The predicted octanol–water partition coefficient (Wildman–Crippen LogP) is 4.52. The number of benzene rings is 2. The van der Waals surface area contributed by atoms with Gasteiger partial charge in [0, 0.05) is 42.6 Å². The number of fused-ring (bicyclic) bond motifs is 1. The van der Waals surface area contributed by atoms with Crippen molar-refractivity contribution in [3.05, 3.63) is 75.3 Å². The molecule has 0 spiro atoms. The van der Waals surface area contributed by atoms with Crippen LogP contribution in [0.5, 0.6) is 5.75 Å². The molecule has 4 rings (SSSR count). The molecule has 0 radical (unpaired) electrons. The first kappa shape index (κ1) is 24.5. The van der Waals surface area contributed by atoms with E-state index in [0.717, 1.165) is 5.56 Å². The van der Waals surface area contributed by atoms with Crippen molar-refractivity contribution in [2.24, 2.45) is 7.05 Å². The van der Waals surface area contributed by atoms with Crippen LogP contribution in [0.4, 0.5) is 8.78 Å². The maximum Gasteiger partial charge on any atom is 0.274 e. The first-order valence-electron chi connectivity index (χ1n) is 11.2. The van der Waals surface area contributed by atoms with E-state index in [1.807, 2.05) is 19.1 Å². The van der Waals surface area contributed by atoms with E-state index in [9.17, 15) is 14.3 Å². The number of rotatable bonds is 6. The minimum Gasteiger partial charge on any atom is -0.460 e. The quantitative estimate of drug-likeness (QED) is 0.437. The van der Waals surface area contributed by atoms with Gasteiger partial charge in [-0.2, -0.15) is 0 Å². The van der Waals surface area contributed by atoms with Crippen LogP contribution in [0.2, 0.25) is 0 Å². The van der Waals surface area contributed by atoms with Crippen LogP contribution in [0.1, 0.15) is 43.4 Å². The number of alkyl halides is 1. The highest BCUT2D eigenvalue weighted by Crippen LogP contribution is 2.31. The average molecular weight is 483 g/mol. The van der Waals surface area contributed by atoms with Gasteiger partial charge in [0.25, 0.3) is 5.56 Å². The molecule has 0 fully saturated rings. The lowest BCUT2D eigenvalue weighted by molar-refractivity contribution is 0.0685. The molecule has 1 atom stereocenters. The largest absolute Gasteiger partial charge is 0.460 e. The van der Waals surface area contributed by atoms with E-state index in [4.69, 9.17) is 4.74 Å². The third-order valence-electron chi connectivity index (χ3n) is 5.89. The maximum atomic E-state index is 15.2. The number of hydrogen-bond donors (Lipinski definition) is 1. The molecule has 0 saturated heterocycles. The number of aromatic nitrogens is 4. The molecule has 0 aliphatic carbocycles. The number of aryl methyl sites for hydroxylation is 2. The fraction of sp³-hybridized carbons (Fsp3) is 0.346. The number of halogens is 2. The van der Waals surface area contributed by atoms with Crippen molar-refractivity contribution in [3.8, 4) is 16.9 Å². The van der Waals surface area contributed by atoms with Crippen molar-refractivity contribution >= 4 is 10.9 Å².